The third-order valence-electron chi connectivity index (χ3n) is 5.71. The number of thioether (sulfide) groups is 1. The first kappa shape index (κ1) is 22.8. The predicted molar refractivity (Wildman–Crippen MR) is 128 cm³/mol. The molecule has 1 aliphatic rings. The minimum atomic E-state index is -0.211. The second kappa shape index (κ2) is 10.1. The summed E-state index contributed by atoms with van der Waals surface area (Å²) in [5.74, 6) is 0.608. The molecule has 10 heteroatoms. The van der Waals surface area contributed by atoms with Gasteiger partial charge in [-0.25, -0.2) is 9.67 Å². The van der Waals surface area contributed by atoms with Gasteiger partial charge in [-0.05, 0) is 44.3 Å². The van der Waals surface area contributed by atoms with Crippen LogP contribution in [0, 0.1) is 0 Å². The number of hydrogen-bond acceptors (Lipinski definition) is 6. The molecule has 170 valence electrons. The van der Waals surface area contributed by atoms with Crippen LogP contribution >= 0.6 is 23.4 Å². The van der Waals surface area contributed by atoms with E-state index in [0.29, 0.717) is 33.5 Å². The predicted octanol–water partition coefficient (Wildman–Crippen LogP) is 3.12. The van der Waals surface area contributed by atoms with Gasteiger partial charge in [-0.3, -0.25) is 14.2 Å². The highest BCUT2D eigenvalue weighted by Gasteiger charge is 2.29. The Labute approximate surface area is 195 Å². The van der Waals surface area contributed by atoms with Gasteiger partial charge in [0.05, 0.1) is 17.9 Å². The van der Waals surface area contributed by atoms with Crippen LogP contribution in [-0.4, -0.2) is 62.1 Å². The summed E-state index contributed by atoms with van der Waals surface area (Å²) in [5, 5.41) is 8.99. The Balaban J connectivity index is 1.48. The molecule has 1 aliphatic heterocycles. The lowest BCUT2D eigenvalue weighted by molar-refractivity contribution is -0.121. The zero-order valence-corrected chi connectivity index (χ0v) is 19.8. The molecule has 3 aromatic rings. The van der Waals surface area contributed by atoms with Crippen LogP contribution in [0.2, 0.25) is 5.02 Å². The summed E-state index contributed by atoms with van der Waals surface area (Å²) in [6.45, 7) is 7.91. The first-order valence-corrected chi connectivity index (χ1v) is 12.3. The Morgan fingerprint density at radius 2 is 2.16 bits per heavy atom. The van der Waals surface area contributed by atoms with Gasteiger partial charge in [0.1, 0.15) is 5.39 Å². The van der Waals surface area contributed by atoms with E-state index in [1.54, 1.807) is 21.4 Å². The van der Waals surface area contributed by atoms with Crippen molar-refractivity contribution in [1.82, 2.24) is 29.5 Å². The molecule has 4 rings (SSSR count). The molecule has 0 saturated carbocycles. The topological polar surface area (TPSA) is 85.1 Å². The molecule has 1 amide bonds. The van der Waals surface area contributed by atoms with Gasteiger partial charge in [0, 0.05) is 23.7 Å². The largest absolute Gasteiger partial charge is 0.356 e. The van der Waals surface area contributed by atoms with Crippen molar-refractivity contribution in [2.75, 3.05) is 31.9 Å². The zero-order chi connectivity index (χ0) is 22.7. The van der Waals surface area contributed by atoms with Crippen molar-refractivity contribution in [1.29, 1.82) is 0 Å². The molecular weight excluding hydrogens is 448 g/mol. The molecule has 1 atom stereocenters. The second-order valence-corrected chi connectivity index (χ2v) is 9.17. The SMILES string of the molecule is CCN(CC)CCCNC(=O)CC1CSc2nc3c(cnn3-c3cccc(Cl)c3)c(=O)n21. The number of halogens is 1. The lowest BCUT2D eigenvalue weighted by Gasteiger charge is -2.18. The molecule has 0 fully saturated rings. The molecule has 0 aliphatic carbocycles. The van der Waals surface area contributed by atoms with Crippen LogP contribution in [-0.2, 0) is 4.79 Å². The monoisotopic (exact) mass is 474 g/mol. The van der Waals surface area contributed by atoms with Crippen molar-refractivity contribution in [3.63, 3.8) is 0 Å². The van der Waals surface area contributed by atoms with Crippen molar-refractivity contribution in [3.8, 4) is 5.69 Å². The molecule has 3 heterocycles. The van der Waals surface area contributed by atoms with Crippen molar-refractivity contribution in [2.45, 2.75) is 37.9 Å². The van der Waals surface area contributed by atoms with Gasteiger partial charge in [0.25, 0.3) is 5.56 Å². The Kier molecular flexibility index (Phi) is 7.17. The fourth-order valence-corrected chi connectivity index (χ4v) is 5.25. The molecule has 0 spiro atoms. The summed E-state index contributed by atoms with van der Waals surface area (Å²) in [6.07, 6.45) is 2.71. The van der Waals surface area contributed by atoms with E-state index in [1.165, 1.54) is 18.0 Å². The molecular formula is C22H27ClN6O2S. The number of nitrogens with zero attached hydrogens (tertiary/aromatic N) is 5. The van der Waals surface area contributed by atoms with Crippen molar-refractivity contribution < 1.29 is 4.79 Å². The maximum Gasteiger partial charge on any atom is 0.265 e. The van der Waals surface area contributed by atoms with Crippen molar-refractivity contribution >= 4 is 40.3 Å². The highest BCUT2D eigenvalue weighted by molar-refractivity contribution is 7.99. The maximum atomic E-state index is 13.2. The third kappa shape index (κ3) is 4.69. The highest BCUT2D eigenvalue weighted by atomic mass is 35.5. The fourth-order valence-electron chi connectivity index (χ4n) is 3.93. The van der Waals surface area contributed by atoms with Crippen LogP contribution in [0.1, 0.15) is 32.7 Å². The second-order valence-electron chi connectivity index (χ2n) is 7.74. The molecule has 1 unspecified atom stereocenters. The molecule has 1 N–H and O–H groups in total. The smallest absolute Gasteiger partial charge is 0.265 e. The summed E-state index contributed by atoms with van der Waals surface area (Å²) in [7, 11) is 0. The number of nitrogens with one attached hydrogen (secondary N) is 1. The lowest BCUT2D eigenvalue weighted by Crippen LogP contribution is -2.32. The average Bonchev–Trinajstić information content (AvgIpc) is 3.39. The van der Waals surface area contributed by atoms with Crippen LogP contribution in [0.5, 0.6) is 0 Å². The van der Waals surface area contributed by atoms with E-state index in [4.69, 9.17) is 16.6 Å². The average molecular weight is 475 g/mol. The van der Waals surface area contributed by atoms with Gasteiger partial charge in [-0.1, -0.05) is 43.3 Å². The van der Waals surface area contributed by atoms with Crippen molar-refractivity contribution in [3.05, 3.63) is 45.8 Å². The molecule has 32 heavy (non-hydrogen) atoms. The highest BCUT2D eigenvalue weighted by Crippen LogP contribution is 2.33. The Morgan fingerprint density at radius 3 is 2.91 bits per heavy atom. The van der Waals surface area contributed by atoms with Crippen LogP contribution in [0.15, 0.2) is 40.4 Å². The number of hydrogen-bond donors (Lipinski definition) is 1. The summed E-state index contributed by atoms with van der Waals surface area (Å²) in [5.41, 5.74) is 1.08. The summed E-state index contributed by atoms with van der Waals surface area (Å²) >= 11 is 7.60. The minimum Gasteiger partial charge on any atom is -0.356 e. The number of rotatable bonds is 9. The fraction of sp³-hybridized carbons (Fsp3) is 0.455. The Morgan fingerprint density at radius 1 is 1.34 bits per heavy atom. The number of carbonyl (C=O) groups excluding carboxylic acids is 1. The Hall–Kier alpha value is -2.36. The summed E-state index contributed by atoms with van der Waals surface area (Å²) in [4.78, 5) is 32.7. The standard InChI is InChI=1S/C22H27ClN6O2S/c1-3-27(4-2)10-6-9-24-19(30)12-17-14-32-22-26-20-18(21(31)28(17)22)13-25-29(20)16-8-5-7-15(23)11-16/h5,7-8,11,13,17H,3-4,6,9-10,12,14H2,1-2H3,(H,24,30). The molecule has 1 aromatic carbocycles. The molecule has 0 bridgehead atoms. The zero-order valence-electron chi connectivity index (χ0n) is 18.3. The van der Waals surface area contributed by atoms with E-state index in [0.717, 1.165) is 31.7 Å². The van der Waals surface area contributed by atoms with Gasteiger partial charge in [-0.15, -0.1) is 0 Å². The van der Waals surface area contributed by atoms with Crippen LogP contribution in [0.25, 0.3) is 16.7 Å². The number of benzene rings is 1. The maximum absolute atomic E-state index is 13.2. The number of aromatic nitrogens is 4. The Bertz CT molecular complexity index is 1170. The van der Waals surface area contributed by atoms with Gasteiger partial charge >= 0.3 is 0 Å². The van der Waals surface area contributed by atoms with Crippen LogP contribution in [0.4, 0.5) is 0 Å². The first-order chi connectivity index (χ1) is 15.5. The van der Waals surface area contributed by atoms with Crippen LogP contribution < -0.4 is 10.9 Å². The van der Waals surface area contributed by atoms with E-state index in [9.17, 15) is 9.59 Å². The van der Waals surface area contributed by atoms with E-state index >= 15 is 0 Å². The van der Waals surface area contributed by atoms with E-state index in [1.807, 2.05) is 12.1 Å². The van der Waals surface area contributed by atoms with E-state index in [-0.39, 0.29) is 23.9 Å². The molecule has 0 radical (unpaired) electrons. The number of amides is 1. The van der Waals surface area contributed by atoms with Crippen molar-refractivity contribution in [2.24, 2.45) is 0 Å². The summed E-state index contributed by atoms with van der Waals surface area (Å²) in [6, 6.07) is 7.05. The number of fused-ring (bicyclic) bond motifs is 2. The normalized spacial score (nSPS) is 15.4. The molecule has 2 aromatic heterocycles. The van der Waals surface area contributed by atoms with Gasteiger partial charge < -0.3 is 10.2 Å². The van der Waals surface area contributed by atoms with Gasteiger partial charge in [0.15, 0.2) is 10.8 Å². The van der Waals surface area contributed by atoms with E-state index in [2.05, 4.69) is 29.2 Å². The minimum absolute atomic E-state index is 0.0374. The molecule has 0 saturated heterocycles. The quantitative estimate of drug-likeness (QED) is 0.379. The van der Waals surface area contributed by atoms with Crippen LogP contribution in [0.3, 0.4) is 0 Å². The van der Waals surface area contributed by atoms with E-state index < -0.39 is 0 Å². The lowest BCUT2D eigenvalue weighted by atomic mass is 10.2. The summed E-state index contributed by atoms with van der Waals surface area (Å²) < 4.78 is 3.27. The number of carbonyl (C=O) groups is 1. The molecule has 8 nitrogen and oxygen atoms in total. The first-order valence-electron chi connectivity index (χ1n) is 10.9. The third-order valence-corrected chi connectivity index (χ3v) is 7.04. The van der Waals surface area contributed by atoms with Gasteiger partial charge in [-0.2, -0.15) is 5.10 Å². The van der Waals surface area contributed by atoms with Gasteiger partial charge in [0.2, 0.25) is 5.91 Å².